The summed E-state index contributed by atoms with van der Waals surface area (Å²) in [6.45, 7) is 0.195. The first-order valence-electron chi connectivity index (χ1n) is 6.83. The van der Waals surface area contributed by atoms with Gasteiger partial charge in [-0.25, -0.2) is 0 Å². The lowest BCUT2D eigenvalue weighted by atomic mass is 10.1. The highest BCUT2D eigenvalue weighted by Gasteiger charge is 2.09. The third-order valence-electron chi connectivity index (χ3n) is 2.96. The van der Waals surface area contributed by atoms with Gasteiger partial charge in [0.05, 0.1) is 6.54 Å². The normalized spacial score (nSPS) is 10.2. The van der Waals surface area contributed by atoms with Crippen molar-refractivity contribution < 1.29 is 14.3 Å². The van der Waals surface area contributed by atoms with E-state index in [9.17, 15) is 9.59 Å². The van der Waals surface area contributed by atoms with Crippen molar-refractivity contribution in [2.75, 3.05) is 6.61 Å². The summed E-state index contributed by atoms with van der Waals surface area (Å²) in [6, 6.07) is 11.2. The molecule has 1 aromatic heterocycles. The number of rotatable bonds is 7. The zero-order valence-corrected chi connectivity index (χ0v) is 13.5. The zero-order valence-electron chi connectivity index (χ0n) is 11.9. The summed E-state index contributed by atoms with van der Waals surface area (Å²) in [7, 11) is 0. The topological polar surface area (TPSA) is 55.4 Å². The van der Waals surface area contributed by atoms with Crippen molar-refractivity contribution in [3.8, 4) is 0 Å². The van der Waals surface area contributed by atoms with E-state index in [1.165, 1.54) is 0 Å². The second-order valence-electron chi connectivity index (χ2n) is 4.61. The smallest absolute Gasteiger partial charge is 0.306 e. The summed E-state index contributed by atoms with van der Waals surface area (Å²) < 4.78 is 4.94. The van der Waals surface area contributed by atoms with Crippen LogP contribution in [0.25, 0.3) is 0 Å². The molecule has 4 nitrogen and oxygen atoms in total. The highest BCUT2D eigenvalue weighted by molar-refractivity contribution is 7.09. The maximum atomic E-state index is 11.6. The summed E-state index contributed by atoms with van der Waals surface area (Å²) in [4.78, 5) is 24.2. The fourth-order valence-corrected chi connectivity index (χ4v) is 2.68. The van der Waals surface area contributed by atoms with Gasteiger partial charge in [0.2, 0.25) is 0 Å². The third kappa shape index (κ3) is 5.50. The van der Waals surface area contributed by atoms with E-state index in [0.717, 1.165) is 10.4 Å². The van der Waals surface area contributed by atoms with Gasteiger partial charge in [-0.3, -0.25) is 9.59 Å². The Balaban J connectivity index is 1.65. The van der Waals surface area contributed by atoms with Crippen molar-refractivity contribution in [2.45, 2.75) is 19.4 Å². The molecule has 0 fully saturated rings. The van der Waals surface area contributed by atoms with E-state index in [4.69, 9.17) is 16.3 Å². The summed E-state index contributed by atoms with van der Waals surface area (Å²) in [6.07, 6.45) is 0.692. The van der Waals surface area contributed by atoms with Crippen molar-refractivity contribution in [1.29, 1.82) is 0 Å². The van der Waals surface area contributed by atoms with Gasteiger partial charge in [-0.15, -0.1) is 11.3 Å². The molecule has 2 aromatic rings. The number of halogens is 1. The van der Waals surface area contributed by atoms with Gasteiger partial charge in [-0.1, -0.05) is 35.9 Å². The lowest BCUT2D eigenvalue weighted by Gasteiger charge is -2.06. The van der Waals surface area contributed by atoms with Gasteiger partial charge in [-0.05, 0) is 29.5 Å². The quantitative estimate of drug-likeness (QED) is 0.789. The van der Waals surface area contributed by atoms with Crippen LogP contribution >= 0.6 is 22.9 Å². The maximum absolute atomic E-state index is 11.6. The number of aryl methyl sites for hydroxylation is 1. The standard InChI is InChI=1S/C16H16ClNO3S/c17-14-6-2-1-4-12(14)7-8-16(20)21-11-15(19)18-10-13-5-3-9-22-13/h1-6,9H,7-8,10-11H2,(H,18,19). The van der Waals surface area contributed by atoms with Crippen molar-refractivity contribution in [1.82, 2.24) is 5.32 Å². The molecule has 22 heavy (non-hydrogen) atoms. The molecule has 0 bridgehead atoms. The molecule has 0 atom stereocenters. The van der Waals surface area contributed by atoms with E-state index in [1.54, 1.807) is 17.4 Å². The Morgan fingerprint density at radius 3 is 2.73 bits per heavy atom. The van der Waals surface area contributed by atoms with Gasteiger partial charge < -0.3 is 10.1 Å². The number of amides is 1. The Morgan fingerprint density at radius 1 is 1.18 bits per heavy atom. The summed E-state index contributed by atoms with van der Waals surface area (Å²) >= 11 is 7.57. The molecule has 0 saturated heterocycles. The van der Waals surface area contributed by atoms with Crippen molar-refractivity contribution in [3.05, 3.63) is 57.2 Å². The van der Waals surface area contributed by atoms with E-state index in [-0.39, 0.29) is 18.9 Å². The number of hydrogen-bond donors (Lipinski definition) is 1. The molecule has 0 radical (unpaired) electrons. The molecule has 6 heteroatoms. The molecule has 2 rings (SSSR count). The first-order valence-corrected chi connectivity index (χ1v) is 8.09. The van der Waals surface area contributed by atoms with Gasteiger partial charge >= 0.3 is 5.97 Å². The third-order valence-corrected chi connectivity index (χ3v) is 4.21. The van der Waals surface area contributed by atoms with E-state index in [1.807, 2.05) is 35.7 Å². The average molecular weight is 338 g/mol. The van der Waals surface area contributed by atoms with Crippen LogP contribution in [0.15, 0.2) is 41.8 Å². The minimum absolute atomic E-state index is 0.196. The molecule has 0 aliphatic heterocycles. The van der Waals surface area contributed by atoms with E-state index in [0.29, 0.717) is 18.0 Å². The van der Waals surface area contributed by atoms with Crippen molar-refractivity contribution in [2.24, 2.45) is 0 Å². The number of nitrogens with one attached hydrogen (secondary N) is 1. The van der Waals surface area contributed by atoms with Crippen molar-refractivity contribution >= 4 is 34.8 Å². The van der Waals surface area contributed by atoms with Crippen LogP contribution in [0, 0.1) is 0 Å². The van der Waals surface area contributed by atoms with Crippen LogP contribution in [0.2, 0.25) is 5.02 Å². The molecule has 0 aliphatic rings. The SMILES string of the molecule is O=C(COC(=O)CCc1ccccc1Cl)NCc1cccs1. The molecule has 1 amide bonds. The minimum atomic E-state index is -0.411. The second-order valence-corrected chi connectivity index (χ2v) is 6.05. The van der Waals surface area contributed by atoms with Crippen LogP contribution in [0.1, 0.15) is 16.9 Å². The Hall–Kier alpha value is -1.85. The van der Waals surface area contributed by atoms with Crippen LogP contribution in [0.4, 0.5) is 0 Å². The number of carbonyl (C=O) groups excluding carboxylic acids is 2. The first-order chi connectivity index (χ1) is 10.6. The molecule has 1 aromatic carbocycles. The molecule has 116 valence electrons. The van der Waals surface area contributed by atoms with Gasteiger partial charge in [-0.2, -0.15) is 0 Å². The van der Waals surface area contributed by atoms with Gasteiger partial charge in [0.15, 0.2) is 6.61 Å². The number of benzene rings is 1. The highest BCUT2D eigenvalue weighted by Crippen LogP contribution is 2.16. The van der Waals surface area contributed by atoms with E-state index < -0.39 is 5.97 Å². The Kier molecular flexibility index (Phi) is 6.43. The lowest BCUT2D eigenvalue weighted by Crippen LogP contribution is -2.28. The maximum Gasteiger partial charge on any atom is 0.306 e. The van der Waals surface area contributed by atoms with Crippen LogP contribution in [-0.2, 0) is 27.3 Å². The minimum Gasteiger partial charge on any atom is -0.456 e. The molecular formula is C16H16ClNO3S. The second kappa shape index (κ2) is 8.56. The van der Waals surface area contributed by atoms with Gasteiger partial charge in [0.25, 0.3) is 5.91 Å². The van der Waals surface area contributed by atoms with Crippen LogP contribution in [0.5, 0.6) is 0 Å². The fourth-order valence-electron chi connectivity index (χ4n) is 1.81. The highest BCUT2D eigenvalue weighted by atomic mass is 35.5. The van der Waals surface area contributed by atoms with Gasteiger partial charge in [0, 0.05) is 16.3 Å². The summed E-state index contributed by atoms with van der Waals surface area (Å²) in [5.74, 6) is -0.717. The number of hydrogen-bond acceptors (Lipinski definition) is 4. The molecule has 0 unspecified atom stereocenters. The van der Waals surface area contributed by atoms with E-state index in [2.05, 4.69) is 5.32 Å². The molecule has 1 heterocycles. The zero-order chi connectivity index (χ0) is 15.8. The molecule has 0 saturated carbocycles. The summed E-state index contributed by atoms with van der Waals surface area (Å²) in [5.41, 5.74) is 0.892. The predicted octanol–water partition coefficient (Wildman–Crippen LogP) is 3.19. The van der Waals surface area contributed by atoms with E-state index >= 15 is 0 Å². The number of esters is 1. The monoisotopic (exact) mass is 337 g/mol. The summed E-state index contributed by atoms with van der Waals surface area (Å²) in [5, 5.41) is 5.27. The van der Waals surface area contributed by atoms with Crippen LogP contribution in [-0.4, -0.2) is 18.5 Å². The molecule has 1 N–H and O–H groups in total. The Labute approximate surface area is 138 Å². The first kappa shape index (κ1) is 16.5. The van der Waals surface area contributed by atoms with Crippen molar-refractivity contribution in [3.63, 3.8) is 0 Å². The number of thiophene rings is 1. The Bertz CT molecular complexity index is 628. The predicted molar refractivity (Wildman–Crippen MR) is 86.9 cm³/mol. The lowest BCUT2D eigenvalue weighted by molar-refractivity contribution is -0.148. The Morgan fingerprint density at radius 2 is 2.00 bits per heavy atom. The number of carbonyl (C=O) groups is 2. The largest absolute Gasteiger partial charge is 0.456 e. The molecule has 0 aliphatic carbocycles. The van der Waals surface area contributed by atoms with Crippen LogP contribution < -0.4 is 5.32 Å². The average Bonchev–Trinajstić information content (AvgIpc) is 3.03. The molecular weight excluding hydrogens is 322 g/mol. The fraction of sp³-hybridized carbons (Fsp3) is 0.250. The van der Waals surface area contributed by atoms with Gasteiger partial charge in [0.1, 0.15) is 0 Å². The molecule has 0 spiro atoms. The number of ether oxygens (including phenoxy) is 1. The van der Waals surface area contributed by atoms with Crippen LogP contribution in [0.3, 0.4) is 0 Å².